The molecule has 0 atom stereocenters. The normalized spacial score (nSPS) is 16.9. The molecule has 5 nitrogen and oxygen atoms in total. The van der Waals surface area contributed by atoms with E-state index in [1.54, 1.807) is 12.1 Å². The van der Waals surface area contributed by atoms with Crippen LogP contribution in [-0.2, 0) is 10.0 Å². The van der Waals surface area contributed by atoms with Crippen LogP contribution in [0.2, 0.25) is 0 Å². The van der Waals surface area contributed by atoms with Crippen molar-refractivity contribution >= 4 is 21.4 Å². The number of sulfonamides is 1. The van der Waals surface area contributed by atoms with Gasteiger partial charge in [0.25, 0.3) is 0 Å². The highest BCUT2D eigenvalue weighted by Crippen LogP contribution is 2.32. The molecule has 3 N–H and O–H groups in total. The fourth-order valence-corrected chi connectivity index (χ4v) is 3.86. The third-order valence-corrected chi connectivity index (χ3v) is 5.66. The van der Waals surface area contributed by atoms with Crippen LogP contribution in [0.15, 0.2) is 23.1 Å². The number of anilines is 2. The quantitative estimate of drug-likeness (QED) is 0.818. The standard InChI is InChI=1S/C15H25N3O2S/c1-3-18(12-7-5-4-6-8-12)15-10-9-13(11-14(15)16)21(19,20)17-2/h9-12,17H,3-8,16H2,1-2H3. The predicted octanol–water partition coefficient (Wildman–Crippen LogP) is 2.34. The highest BCUT2D eigenvalue weighted by molar-refractivity contribution is 7.89. The first-order chi connectivity index (χ1) is 9.99. The second-order valence-corrected chi connectivity index (χ2v) is 7.39. The van der Waals surface area contributed by atoms with Gasteiger partial charge < -0.3 is 10.6 Å². The SMILES string of the molecule is CCN(c1ccc(S(=O)(=O)NC)cc1N)C1CCCCC1. The molecule has 118 valence electrons. The van der Waals surface area contributed by atoms with Gasteiger partial charge in [-0.15, -0.1) is 0 Å². The lowest BCUT2D eigenvalue weighted by Gasteiger charge is -2.36. The van der Waals surface area contributed by atoms with Crippen molar-refractivity contribution < 1.29 is 8.42 Å². The molecule has 6 heteroatoms. The van der Waals surface area contributed by atoms with Crippen molar-refractivity contribution in [3.8, 4) is 0 Å². The van der Waals surface area contributed by atoms with Crippen LogP contribution in [-0.4, -0.2) is 28.1 Å². The van der Waals surface area contributed by atoms with E-state index in [0.29, 0.717) is 11.7 Å². The Kier molecular flexibility index (Phi) is 5.11. The van der Waals surface area contributed by atoms with Crippen LogP contribution < -0.4 is 15.4 Å². The van der Waals surface area contributed by atoms with E-state index in [9.17, 15) is 8.42 Å². The third-order valence-electron chi connectivity index (χ3n) is 4.24. The molecule has 0 bridgehead atoms. The summed E-state index contributed by atoms with van der Waals surface area (Å²) in [6.45, 7) is 3.00. The van der Waals surface area contributed by atoms with Crippen LogP contribution in [0.3, 0.4) is 0 Å². The van der Waals surface area contributed by atoms with Gasteiger partial charge in [0.2, 0.25) is 10.0 Å². The summed E-state index contributed by atoms with van der Waals surface area (Å²) in [5.41, 5.74) is 7.59. The second-order valence-electron chi connectivity index (χ2n) is 5.51. The Balaban J connectivity index is 2.30. The zero-order valence-corrected chi connectivity index (χ0v) is 13.6. The summed E-state index contributed by atoms with van der Waals surface area (Å²) in [5.74, 6) is 0. The molecule has 1 aliphatic rings. The molecule has 0 aromatic heterocycles. The van der Waals surface area contributed by atoms with Crippen LogP contribution in [0, 0.1) is 0 Å². The second kappa shape index (κ2) is 6.66. The summed E-state index contributed by atoms with van der Waals surface area (Å²) in [4.78, 5) is 2.52. The first-order valence-electron chi connectivity index (χ1n) is 7.59. The van der Waals surface area contributed by atoms with Gasteiger partial charge in [-0.25, -0.2) is 13.1 Å². The number of benzene rings is 1. The van der Waals surface area contributed by atoms with Gasteiger partial charge in [-0.2, -0.15) is 0 Å². The number of hydrogen-bond donors (Lipinski definition) is 2. The van der Waals surface area contributed by atoms with Crippen LogP contribution in [0.25, 0.3) is 0 Å². The average molecular weight is 311 g/mol. The number of nitrogens with zero attached hydrogens (tertiary/aromatic N) is 1. The Hall–Kier alpha value is -1.27. The number of rotatable bonds is 5. The molecule has 1 fully saturated rings. The maximum absolute atomic E-state index is 11.8. The Bertz CT molecular complexity index is 581. The first kappa shape index (κ1) is 16.1. The van der Waals surface area contributed by atoms with Gasteiger partial charge in [-0.3, -0.25) is 0 Å². The number of nitrogens with two attached hydrogens (primary N) is 1. The van der Waals surface area contributed by atoms with Gasteiger partial charge in [0.15, 0.2) is 0 Å². The minimum absolute atomic E-state index is 0.214. The molecule has 0 heterocycles. The molecule has 1 aromatic rings. The van der Waals surface area contributed by atoms with Gasteiger partial charge in [0.05, 0.1) is 16.3 Å². The highest BCUT2D eigenvalue weighted by Gasteiger charge is 2.22. The van der Waals surface area contributed by atoms with Crippen molar-refractivity contribution in [2.45, 2.75) is 50.0 Å². The summed E-state index contributed by atoms with van der Waals surface area (Å²) < 4.78 is 26.0. The van der Waals surface area contributed by atoms with Gasteiger partial charge in [0.1, 0.15) is 0 Å². The fourth-order valence-electron chi connectivity index (χ4n) is 3.10. The third kappa shape index (κ3) is 3.49. The van der Waals surface area contributed by atoms with Crippen molar-refractivity contribution in [1.82, 2.24) is 4.72 Å². The summed E-state index contributed by atoms with van der Waals surface area (Å²) in [6, 6.07) is 5.52. The van der Waals surface area contributed by atoms with Crippen LogP contribution in [0.5, 0.6) is 0 Å². The minimum atomic E-state index is -3.44. The minimum Gasteiger partial charge on any atom is -0.397 e. The molecule has 0 radical (unpaired) electrons. The van der Waals surface area contributed by atoms with E-state index in [0.717, 1.165) is 12.2 Å². The largest absolute Gasteiger partial charge is 0.397 e. The molecule has 21 heavy (non-hydrogen) atoms. The maximum Gasteiger partial charge on any atom is 0.240 e. The Morgan fingerprint density at radius 1 is 1.29 bits per heavy atom. The van der Waals surface area contributed by atoms with Crippen molar-refractivity contribution in [2.24, 2.45) is 0 Å². The number of hydrogen-bond acceptors (Lipinski definition) is 4. The van der Waals surface area contributed by atoms with Gasteiger partial charge in [0, 0.05) is 12.6 Å². The fraction of sp³-hybridized carbons (Fsp3) is 0.600. The van der Waals surface area contributed by atoms with E-state index in [1.165, 1.54) is 39.2 Å². The van der Waals surface area contributed by atoms with Gasteiger partial charge in [-0.1, -0.05) is 19.3 Å². The predicted molar refractivity (Wildman–Crippen MR) is 87.0 cm³/mol. The van der Waals surface area contributed by atoms with Gasteiger partial charge in [-0.05, 0) is 45.0 Å². The first-order valence-corrected chi connectivity index (χ1v) is 9.07. The van der Waals surface area contributed by atoms with Crippen molar-refractivity contribution in [2.75, 3.05) is 24.2 Å². The molecule has 0 saturated heterocycles. The Morgan fingerprint density at radius 3 is 2.48 bits per heavy atom. The molecular formula is C15H25N3O2S. The molecule has 1 aromatic carbocycles. The lowest BCUT2D eigenvalue weighted by molar-refractivity contribution is 0.418. The topological polar surface area (TPSA) is 75.4 Å². The molecule has 0 unspecified atom stereocenters. The molecular weight excluding hydrogens is 286 g/mol. The number of nitrogen functional groups attached to an aromatic ring is 1. The molecule has 1 saturated carbocycles. The summed E-state index contributed by atoms with van der Waals surface area (Å²) in [7, 11) is -2.04. The summed E-state index contributed by atoms with van der Waals surface area (Å²) in [6.07, 6.45) is 6.19. The number of nitrogens with one attached hydrogen (secondary N) is 1. The Morgan fingerprint density at radius 2 is 1.95 bits per heavy atom. The van der Waals surface area contributed by atoms with E-state index < -0.39 is 10.0 Å². The van der Waals surface area contributed by atoms with E-state index in [1.807, 2.05) is 6.07 Å². The lowest BCUT2D eigenvalue weighted by atomic mass is 9.93. The molecule has 2 rings (SSSR count). The molecule has 0 spiro atoms. The molecule has 1 aliphatic carbocycles. The van der Waals surface area contributed by atoms with E-state index >= 15 is 0 Å². The smallest absolute Gasteiger partial charge is 0.240 e. The zero-order chi connectivity index (χ0) is 15.5. The highest BCUT2D eigenvalue weighted by atomic mass is 32.2. The molecule has 0 amide bonds. The van der Waals surface area contributed by atoms with E-state index in [-0.39, 0.29) is 4.90 Å². The van der Waals surface area contributed by atoms with Crippen LogP contribution >= 0.6 is 0 Å². The zero-order valence-electron chi connectivity index (χ0n) is 12.8. The van der Waals surface area contributed by atoms with Crippen LogP contribution in [0.1, 0.15) is 39.0 Å². The van der Waals surface area contributed by atoms with Crippen molar-refractivity contribution in [3.05, 3.63) is 18.2 Å². The van der Waals surface area contributed by atoms with E-state index in [2.05, 4.69) is 16.5 Å². The van der Waals surface area contributed by atoms with Gasteiger partial charge >= 0.3 is 0 Å². The Labute approximate surface area is 127 Å². The van der Waals surface area contributed by atoms with E-state index in [4.69, 9.17) is 5.73 Å². The van der Waals surface area contributed by atoms with Crippen molar-refractivity contribution in [3.63, 3.8) is 0 Å². The van der Waals surface area contributed by atoms with Crippen molar-refractivity contribution in [1.29, 1.82) is 0 Å². The molecule has 0 aliphatic heterocycles. The summed E-state index contributed by atoms with van der Waals surface area (Å²) >= 11 is 0. The maximum atomic E-state index is 11.8. The average Bonchev–Trinajstić information content (AvgIpc) is 2.50. The summed E-state index contributed by atoms with van der Waals surface area (Å²) in [5, 5.41) is 0. The monoisotopic (exact) mass is 311 g/mol. The van der Waals surface area contributed by atoms with Crippen LogP contribution in [0.4, 0.5) is 11.4 Å². The lowest BCUT2D eigenvalue weighted by Crippen LogP contribution is -2.37.